The van der Waals surface area contributed by atoms with E-state index in [2.05, 4.69) is 0 Å². The van der Waals surface area contributed by atoms with Crippen LogP contribution in [0, 0.1) is 0 Å². The molecular formula is C12H22O9. The number of hydrogen-bond acceptors (Lipinski definition) is 9. The zero-order valence-electron chi connectivity index (χ0n) is 11.4. The maximum Gasteiger partial charge on any atom is 0.184 e. The highest BCUT2D eigenvalue weighted by Crippen LogP contribution is 2.27. The minimum absolute atomic E-state index is 0.317. The summed E-state index contributed by atoms with van der Waals surface area (Å²) in [6.45, 7) is -0.903. The molecule has 0 spiro atoms. The van der Waals surface area contributed by atoms with Gasteiger partial charge in [0.25, 0.3) is 0 Å². The Morgan fingerprint density at radius 1 is 0.857 bits per heavy atom. The highest BCUT2D eigenvalue weighted by Gasteiger charge is 2.46. The molecule has 2 heterocycles. The minimum atomic E-state index is -1.61. The van der Waals surface area contributed by atoms with Gasteiger partial charge in [0, 0.05) is 6.42 Å². The summed E-state index contributed by atoms with van der Waals surface area (Å²) in [5, 5.41) is 56.8. The number of ether oxygens (including phenoxy) is 3. The van der Waals surface area contributed by atoms with Crippen molar-refractivity contribution in [1.82, 2.24) is 0 Å². The zero-order valence-corrected chi connectivity index (χ0v) is 11.4. The lowest BCUT2D eigenvalue weighted by molar-refractivity contribution is -0.330. The maximum atomic E-state index is 9.93. The van der Waals surface area contributed by atoms with Gasteiger partial charge in [-0.1, -0.05) is 0 Å². The van der Waals surface area contributed by atoms with Gasteiger partial charge in [0.15, 0.2) is 12.6 Å². The molecule has 124 valence electrons. The molecule has 9 heteroatoms. The molecule has 2 fully saturated rings. The standard InChI is InChI=1S/C12H22O9/c13-3-6-5(15)1-2-8(19-6)21-11-7(4-14)20-12(18)10(17)9(11)16/h5-18H,1-4H2/t5-,6-,7-,8+,9-,10-,11-,12?/m1/s1. The molecule has 0 aromatic rings. The van der Waals surface area contributed by atoms with Gasteiger partial charge in [-0.05, 0) is 6.42 Å². The van der Waals surface area contributed by atoms with Gasteiger partial charge in [0.1, 0.15) is 30.5 Å². The van der Waals surface area contributed by atoms with Crippen molar-refractivity contribution >= 4 is 0 Å². The molecule has 2 aliphatic heterocycles. The fourth-order valence-electron chi connectivity index (χ4n) is 2.52. The van der Waals surface area contributed by atoms with Crippen LogP contribution in [0.15, 0.2) is 0 Å². The van der Waals surface area contributed by atoms with Gasteiger partial charge < -0.3 is 44.8 Å². The third-order valence-electron chi connectivity index (χ3n) is 3.78. The monoisotopic (exact) mass is 310 g/mol. The first-order valence-electron chi connectivity index (χ1n) is 6.88. The van der Waals surface area contributed by atoms with Crippen LogP contribution in [0.25, 0.3) is 0 Å². The molecule has 0 aliphatic carbocycles. The topological polar surface area (TPSA) is 149 Å². The fourth-order valence-corrected chi connectivity index (χ4v) is 2.52. The smallest absolute Gasteiger partial charge is 0.184 e. The molecule has 0 bridgehead atoms. The number of aliphatic hydroxyl groups excluding tert-OH is 6. The fraction of sp³-hybridized carbons (Fsp3) is 1.00. The van der Waals surface area contributed by atoms with Crippen molar-refractivity contribution in [3.8, 4) is 0 Å². The Bertz CT molecular complexity index is 326. The minimum Gasteiger partial charge on any atom is -0.394 e. The summed E-state index contributed by atoms with van der Waals surface area (Å²) in [5.74, 6) is 0. The summed E-state index contributed by atoms with van der Waals surface area (Å²) in [7, 11) is 0. The molecular weight excluding hydrogens is 288 g/mol. The molecule has 1 unspecified atom stereocenters. The molecule has 0 radical (unpaired) electrons. The van der Waals surface area contributed by atoms with E-state index in [0.717, 1.165) is 0 Å². The normalized spacial score (nSPS) is 48.3. The van der Waals surface area contributed by atoms with E-state index in [-0.39, 0.29) is 6.61 Å². The van der Waals surface area contributed by atoms with Gasteiger partial charge in [0.05, 0.1) is 19.3 Å². The molecule has 8 atom stereocenters. The average Bonchev–Trinajstić information content (AvgIpc) is 2.49. The highest BCUT2D eigenvalue weighted by atomic mass is 16.7. The van der Waals surface area contributed by atoms with Crippen molar-refractivity contribution < 1.29 is 44.8 Å². The summed E-state index contributed by atoms with van der Waals surface area (Å²) in [5.41, 5.74) is 0. The van der Waals surface area contributed by atoms with Crippen LogP contribution in [-0.4, -0.2) is 93.1 Å². The number of rotatable bonds is 4. The predicted octanol–water partition coefficient (Wildman–Crippen LogP) is -3.34. The Balaban J connectivity index is 1.99. The second-order valence-corrected chi connectivity index (χ2v) is 5.26. The van der Waals surface area contributed by atoms with E-state index in [1.165, 1.54) is 0 Å². The van der Waals surface area contributed by atoms with Crippen LogP contribution >= 0.6 is 0 Å². The maximum absolute atomic E-state index is 9.93. The lowest BCUT2D eigenvalue weighted by Crippen LogP contribution is -2.60. The first-order chi connectivity index (χ1) is 9.97. The molecule has 0 amide bonds. The van der Waals surface area contributed by atoms with Gasteiger partial charge in [-0.3, -0.25) is 0 Å². The first kappa shape index (κ1) is 17.0. The molecule has 0 saturated carbocycles. The third kappa shape index (κ3) is 3.70. The van der Waals surface area contributed by atoms with Crippen molar-refractivity contribution in [1.29, 1.82) is 0 Å². The molecule has 0 aromatic carbocycles. The van der Waals surface area contributed by atoms with Crippen LogP contribution in [0.2, 0.25) is 0 Å². The second-order valence-electron chi connectivity index (χ2n) is 5.26. The molecule has 9 nitrogen and oxygen atoms in total. The Morgan fingerprint density at radius 3 is 2.14 bits per heavy atom. The average molecular weight is 310 g/mol. The quantitative estimate of drug-likeness (QED) is 0.313. The zero-order chi connectivity index (χ0) is 15.6. The molecule has 2 saturated heterocycles. The van der Waals surface area contributed by atoms with Gasteiger partial charge in [-0.25, -0.2) is 0 Å². The Morgan fingerprint density at radius 2 is 1.52 bits per heavy atom. The lowest BCUT2D eigenvalue weighted by Gasteiger charge is -2.42. The summed E-state index contributed by atoms with van der Waals surface area (Å²) < 4.78 is 15.8. The summed E-state index contributed by atoms with van der Waals surface area (Å²) >= 11 is 0. The van der Waals surface area contributed by atoms with E-state index in [1.54, 1.807) is 0 Å². The Labute approximate surface area is 121 Å². The van der Waals surface area contributed by atoms with E-state index in [1.807, 2.05) is 0 Å². The van der Waals surface area contributed by atoms with E-state index in [9.17, 15) is 25.5 Å². The summed E-state index contributed by atoms with van der Waals surface area (Å²) in [4.78, 5) is 0. The van der Waals surface area contributed by atoms with Crippen LogP contribution in [-0.2, 0) is 14.2 Å². The Hall–Kier alpha value is -0.360. The van der Waals surface area contributed by atoms with E-state index < -0.39 is 55.8 Å². The van der Waals surface area contributed by atoms with Crippen LogP contribution < -0.4 is 0 Å². The van der Waals surface area contributed by atoms with E-state index >= 15 is 0 Å². The van der Waals surface area contributed by atoms with Crippen molar-refractivity contribution in [2.75, 3.05) is 13.2 Å². The molecule has 2 aliphatic rings. The summed E-state index contributed by atoms with van der Waals surface area (Å²) in [6.07, 6.45) is -8.55. The third-order valence-corrected chi connectivity index (χ3v) is 3.78. The van der Waals surface area contributed by atoms with Gasteiger partial charge in [-0.2, -0.15) is 0 Å². The number of aliphatic hydroxyl groups is 6. The van der Waals surface area contributed by atoms with Crippen molar-refractivity contribution in [2.24, 2.45) is 0 Å². The van der Waals surface area contributed by atoms with Gasteiger partial charge in [0.2, 0.25) is 0 Å². The van der Waals surface area contributed by atoms with Gasteiger partial charge in [-0.15, -0.1) is 0 Å². The SMILES string of the molecule is OC[C@H]1OC(O)[C@H](O)[C@@H](O)[C@@H]1O[C@H]1CC[C@@H](O)[C@@H](CO)O1. The van der Waals surface area contributed by atoms with Crippen LogP contribution in [0.3, 0.4) is 0 Å². The molecule has 2 rings (SSSR count). The van der Waals surface area contributed by atoms with Crippen molar-refractivity contribution in [3.63, 3.8) is 0 Å². The molecule has 0 aromatic heterocycles. The number of hydrogen-bond donors (Lipinski definition) is 6. The van der Waals surface area contributed by atoms with Crippen LogP contribution in [0.1, 0.15) is 12.8 Å². The van der Waals surface area contributed by atoms with Gasteiger partial charge >= 0.3 is 0 Å². The van der Waals surface area contributed by atoms with Crippen LogP contribution in [0.5, 0.6) is 0 Å². The summed E-state index contributed by atoms with van der Waals surface area (Å²) in [6, 6.07) is 0. The first-order valence-corrected chi connectivity index (χ1v) is 6.88. The van der Waals surface area contributed by atoms with Crippen LogP contribution in [0.4, 0.5) is 0 Å². The van der Waals surface area contributed by atoms with Crippen molar-refractivity contribution in [2.45, 2.75) is 62.0 Å². The highest BCUT2D eigenvalue weighted by molar-refractivity contribution is 4.90. The Kier molecular flexibility index (Phi) is 5.88. The molecule has 21 heavy (non-hydrogen) atoms. The molecule has 6 N–H and O–H groups in total. The van der Waals surface area contributed by atoms with E-state index in [4.69, 9.17) is 19.3 Å². The van der Waals surface area contributed by atoms with E-state index in [0.29, 0.717) is 12.8 Å². The largest absolute Gasteiger partial charge is 0.394 e. The second kappa shape index (κ2) is 7.27. The lowest BCUT2D eigenvalue weighted by atomic mass is 9.98. The predicted molar refractivity (Wildman–Crippen MR) is 65.8 cm³/mol. The van der Waals surface area contributed by atoms with Crippen molar-refractivity contribution in [3.05, 3.63) is 0 Å².